The number of allylic oxidation sites excluding steroid dienone is 2. The van der Waals surface area contributed by atoms with Crippen molar-refractivity contribution >= 4 is 0 Å². The summed E-state index contributed by atoms with van der Waals surface area (Å²) >= 11 is 0. The van der Waals surface area contributed by atoms with Crippen molar-refractivity contribution in [3.63, 3.8) is 0 Å². The van der Waals surface area contributed by atoms with Crippen LogP contribution in [0.1, 0.15) is 58.3 Å². The molecule has 0 aromatic rings. The summed E-state index contributed by atoms with van der Waals surface area (Å²) in [5, 5.41) is 0. The Morgan fingerprint density at radius 2 is 1.71 bits per heavy atom. The molecule has 1 heterocycles. The van der Waals surface area contributed by atoms with Crippen molar-refractivity contribution in [2.45, 2.75) is 64.6 Å². The van der Waals surface area contributed by atoms with Gasteiger partial charge in [0, 0.05) is 11.8 Å². The van der Waals surface area contributed by atoms with Gasteiger partial charge in [0.05, 0.1) is 19.0 Å². The van der Waals surface area contributed by atoms with Crippen LogP contribution in [0.5, 0.6) is 0 Å². The second-order valence-electron chi connectivity index (χ2n) is 7.17. The second-order valence-corrected chi connectivity index (χ2v) is 7.17. The maximum absolute atomic E-state index is 13.1. The van der Waals surface area contributed by atoms with Gasteiger partial charge in [-0.15, -0.1) is 0 Å². The molecular formula is C18H29FO2. The molecule has 1 saturated carbocycles. The zero-order valence-electron chi connectivity index (χ0n) is 13.2. The summed E-state index contributed by atoms with van der Waals surface area (Å²) in [5.74, 6) is 2.70. The molecule has 3 aliphatic rings. The minimum Gasteiger partial charge on any atom is -0.352 e. The number of halogens is 1. The third-order valence-corrected chi connectivity index (χ3v) is 5.87. The molecule has 21 heavy (non-hydrogen) atoms. The molecule has 0 N–H and O–H groups in total. The largest absolute Gasteiger partial charge is 0.352 e. The van der Waals surface area contributed by atoms with Crippen LogP contribution >= 0.6 is 0 Å². The van der Waals surface area contributed by atoms with E-state index in [9.17, 15) is 4.39 Å². The Hall–Kier alpha value is -0.410. The van der Waals surface area contributed by atoms with Gasteiger partial charge in [0.2, 0.25) is 0 Å². The predicted molar refractivity (Wildman–Crippen MR) is 81.5 cm³/mol. The zero-order valence-corrected chi connectivity index (χ0v) is 13.2. The van der Waals surface area contributed by atoms with Crippen molar-refractivity contribution in [1.29, 1.82) is 0 Å². The average Bonchev–Trinajstić information content (AvgIpc) is 2.56. The predicted octanol–water partition coefficient (Wildman–Crippen LogP) is 4.85. The third-order valence-electron chi connectivity index (χ3n) is 5.87. The first kappa shape index (κ1) is 15.5. The molecule has 0 aromatic heterocycles. The maximum Gasteiger partial charge on any atom is 0.160 e. The molecule has 1 unspecified atom stereocenters. The summed E-state index contributed by atoms with van der Waals surface area (Å²) < 4.78 is 25.1. The zero-order chi connectivity index (χ0) is 14.7. The minimum atomic E-state index is -0.0995. The third kappa shape index (κ3) is 3.87. The molecule has 2 fully saturated rings. The van der Waals surface area contributed by atoms with E-state index in [0.29, 0.717) is 18.3 Å². The molecule has 3 rings (SSSR count). The lowest BCUT2D eigenvalue weighted by Crippen LogP contribution is -2.40. The van der Waals surface area contributed by atoms with Crippen molar-refractivity contribution in [2.75, 3.05) is 13.2 Å². The van der Waals surface area contributed by atoms with Gasteiger partial charge in [0.1, 0.15) is 0 Å². The summed E-state index contributed by atoms with van der Waals surface area (Å²) in [4.78, 5) is 0. The fourth-order valence-electron chi connectivity index (χ4n) is 4.21. The quantitative estimate of drug-likeness (QED) is 0.741. The highest BCUT2D eigenvalue weighted by Gasteiger charge is 2.34. The average molecular weight is 296 g/mol. The topological polar surface area (TPSA) is 18.5 Å². The highest BCUT2D eigenvalue weighted by Crippen LogP contribution is 2.38. The first-order valence-electron chi connectivity index (χ1n) is 8.84. The lowest BCUT2D eigenvalue weighted by Gasteiger charge is -2.40. The van der Waals surface area contributed by atoms with Crippen molar-refractivity contribution in [1.82, 2.24) is 0 Å². The Morgan fingerprint density at radius 1 is 1.00 bits per heavy atom. The van der Waals surface area contributed by atoms with Gasteiger partial charge in [-0.25, -0.2) is 4.39 Å². The van der Waals surface area contributed by atoms with Crippen molar-refractivity contribution in [3.8, 4) is 0 Å². The fraction of sp³-hybridized carbons (Fsp3) is 0.889. The van der Waals surface area contributed by atoms with Crippen LogP contribution in [0, 0.1) is 23.7 Å². The molecule has 120 valence electrons. The number of rotatable bonds is 3. The molecule has 3 heteroatoms. The summed E-state index contributed by atoms with van der Waals surface area (Å²) in [6.07, 6.45) is 10.6. The summed E-state index contributed by atoms with van der Waals surface area (Å²) in [5.41, 5.74) is 0. The smallest absolute Gasteiger partial charge is 0.160 e. The Bertz CT molecular complexity index is 352. The first-order valence-corrected chi connectivity index (χ1v) is 8.84. The van der Waals surface area contributed by atoms with Gasteiger partial charge in [-0.2, -0.15) is 0 Å². The second kappa shape index (κ2) is 7.23. The van der Waals surface area contributed by atoms with E-state index in [0.717, 1.165) is 37.9 Å². The summed E-state index contributed by atoms with van der Waals surface area (Å²) in [7, 11) is 0. The van der Waals surface area contributed by atoms with Gasteiger partial charge in [0.25, 0.3) is 0 Å². The van der Waals surface area contributed by atoms with Crippen LogP contribution in [0.2, 0.25) is 0 Å². The van der Waals surface area contributed by atoms with Crippen LogP contribution in [-0.4, -0.2) is 19.5 Å². The van der Waals surface area contributed by atoms with E-state index in [-0.39, 0.29) is 12.1 Å². The van der Waals surface area contributed by atoms with E-state index in [1.807, 2.05) is 0 Å². The van der Waals surface area contributed by atoms with Crippen molar-refractivity contribution in [2.24, 2.45) is 23.7 Å². The molecule has 2 nitrogen and oxygen atoms in total. The Balaban J connectivity index is 1.43. The number of hydrogen-bond acceptors (Lipinski definition) is 2. The van der Waals surface area contributed by atoms with E-state index >= 15 is 0 Å². The Labute approximate surface area is 128 Å². The molecule has 1 atom stereocenters. The van der Waals surface area contributed by atoms with Crippen molar-refractivity contribution in [3.05, 3.63) is 11.9 Å². The molecule has 1 saturated heterocycles. The Morgan fingerprint density at radius 3 is 2.29 bits per heavy atom. The molecule has 0 bridgehead atoms. The van der Waals surface area contributed by atoms with E-state index in [2.05, 4.69) is 6.92 Å². The number of hydrogen-bond donors (Lipinski definition) is 0. The van der Waals surface area contributed by atoms with Gasteiger partial charge >= 0.3 is 0 Å². The molecular weight excluding hydrogens is 267 g/mol. The molecule has 2 aliphatic carbocycles. The standard InChI is InChI=1S/C18H29FO2/c1-2-13-3-5-14(6-4-13)16-11-20-18(21-12-16)15-7-9-17(19)10-8-15/h9,13-16,18H,2-8,10-12H2,1H3/t13-,14-,15?,16-,18-. The normalized spacial score (nSPS) is 41.6. The fourth-order valence-corrected chi connectivity index (χ4v) is 4.21. The molecule has 0 radical (unpaired) electrons. The van der Waals surface area contributed by atoms with Gasteiger partial charge in [-0.1, -0.05) is 32.3 Å². The highest BCUT2D eigenvalue weighted by molar-refractivity contribution is 4.98. The van der Waals surface area contributed by atoms with Crippen LogP contribution in [-0.2, 0) is 9.47 Å². The van der Waals surface area contributed by atoms with E-state index in [4.69, 9.17) is 9.47 Å². The highest BCUT2D eigenvalue weighted by atomic mass is 19.1. The SMILES string of the molecule is CC[C@H]1CC[C@H]([C@H]2CO[C@H](C3CC=C(F)CC3)OC2)CC1. The van der Waals surface area contributed by atoms with Gasteiger partial charge < -0.3 is 9.47 Å². The summed E-state index contributed by atoms with van der Waals surface area (Å²) in [6, 6.07) is 0. The first-order chi connectivity index (χ1) is 10.3. The van der Waals surface area contributed by atoms with Crippen LogP contribution < -0.4 is 0 Å². The Kier molecular flexibility index (Phi) is 5.33. The molecule has 0 spiro atoms. The van der Waals surface area contributed by atoms with Crippen LogP contribution in [0.3, 0.4) is 0 Å². The van der Waals surface area contributed by atoms with Crippen LogP contribution in [0.15, 0.2) is 11.9 Å². The molecule has 1 aliphatic heterocycles. The molecule has 0 aromatic carbocycles. The van der Waals surface area contributed by atoms with Crippen molar-refractivity contribution < 1.29 is 13.9 Å². The van der Waals surface area contributed by atoms with E-state index in [1.54, 1.807) is 6.08 Å². The van der Waals surface area contributed by atoms with Gasteiger partial charge in [-0.05, 0) is 43.9 Å². The van der Waals surface area contributed by atoms with E-state index in [1.165, 1.54) is 32.1 Å². The minimum absolute atomic E-state index is 0.0348. The lowest BCUT2D eigenvalue weighted by atomic mass is 9.75. The number of ether oxygens (including phenoxy) is 2. The van der Waals surface area contributed by atoms with Crippen LogP contribution in [0.4, 0.5) is 4.39 Å². The molecule has 0 amide bonds. The maximum atomic E-state index is 13.1. The monoisotopic (exact) mass is 296 g/mol. The lowest BCUT2D eigenvalue weighted by molar-refractivity contribution is -0.233. The van der Waals surface area contributed by atoms with E-state index < -0.39 is 0 Å². The summed E-state index contributed by atoms with van der Waals surface area (Å²) in [6.45, 7) is 3.99. The van der Waals surface area contributed by atoms with Gasteiger partial charge in [-0.3, -0.25) is 0 Å². The van der Waals surface area contributed by atoms with Gasteiger partial charge in [0.15, 0.2) is 6.29 Å². The van der Waals surface area contributed by atoms with Crippen LogP contribution in [0.25, 0.3) is 0 Å².